The summed E-state index contributed by atoms with van der Waals surface area (Å²) in [5, 5.41) is 30.0. The summed E-state index contributed by atoms with van der Waals surface area (Å²) in [4.78, 5) is 46.6. The summed E-state index contributed by atoms with van der Waals surface area (Å²) >= 11 is 2.80. The zero-order valence-corrected chi connectivity index (χ0v) is 15.9. The van der Waals surface area contributed by atoms with Gasteiger partial charge in [0.15, 0.2) is 0 Å². The van der Waals surface area contributed by atoms with Gasteiger partial charge < -0.3 is 20.6 Å². The minimum absolute atomic E-state index is 0.162. The number of fused-ring (bicyclic) bond motifs is 1. The van der Waals surface area contributed by atoms with Gasteiger partial charge in [0.1, 0.15) is 17.1 Å². The topological polar surface area (TPSA) is 144 Å². The van der Waals surface area contributed by atoms with Crippen molar-refractivity contribution in [1.29, 1.82) is 0 Å². The summed E-state index contributed by atoms with van der Waals surface area (Å²) in [5.41, 5.74) is 0.153. The fraction of sp³-hybridized carbons (Fsp3) is 0.375. The standard InChI is InChI=1S/C14H14N2O5S2.C2H4O2/c17-5-7-6-23-13-10(12(19)16(13)11(7)14(20)21)15-9(18)4-8-2-1-3-22-8;1-2(3)4/h1-3,10,13,17H,4-6H2,(H,15,18)(H,20,21);1H3,(H,3,4). The molecule has 1 fully saturated rings. The van der Waals surface area contributed by atoms with E-state index in [4.69, 9.17) is 9.90 Å². The predicted octanol–water partition coefficient (Wildman–Crippen LogP) is 0.112. The molecule has 0 aromatic carbocycles. The molecule has 0 radical (unpaired) electrons. The monoisotopic (exact) mass is 414 g/mol. The largest absolute Gasteiger partial charge is 0.481 e. The number of nitrogens with one attached hydrogen (secondary N) is 1. The first-order valence-corrected chi connectivity index (χ1v) is 9.71. The predicted molar refractivity (Wildman–Crippen MR) is 98.1 cm³/mol. The first-order valence-electron chi connectivity index (χ1n) is 7.78. The lowest BCUT2D eigenvalue weighted by Gasteiger charge is -2.49. The summed E-state index contributed by atoms with van der Waals surface area (Å²) in [6.45, 7) is 0.681. The van der Waals surface area contributed by atoms with Gasteiger partial charge in [-0.15, -0.1) is 23.1 Å². The van der Waals surface area contributed by atoms with Crippen molar-refractivity contribution in [3.05, 3.63) is 33.7 Å². The molecule has 2 aliphatic rings. The average molecular weight is 414 g/mol. The second-order valence-electron chi connectivity index (χ2n) is 5.65. The van der Waals surface area contributed by atoms with Crippen LogP contribution >= 0.6 is 23.1 Å². The smallest absolute Gasteiger partial charge is 0.352 e. The van der Waals surface area contributed by atoms with Crippen LogP contribution in [0.2, 0.25) is 0 Å². The van der Waals surface area contributed by atoms with E-state index in [2.05, 4.69) is 5.32 Å². The molecular formula is C16H18N2O7S2. The molecule has 3 rings (SSSR count). The van der Waals surface area contributed by atoms with Gasteiger partial charge in [-0.05, 0) is 17.0 Å². The quantitative estimate of drug-likeness (QED) is 0.497. The van der Waals surface area contributed by atoms with Crippen molar-refractivity contribution in [3.8, 4) is 0 Å². The van der Waals surface area contributed by atoms with Crippen LogP contribution in [0.5, 0.6) is 0 Å². The molecule has 1 aromatic heterocycles. The summed E-state index contributed by atoms with van der Waals surface area (Å²) in [7, 11) is 0. The molecule has 1 aromatic rings. The van der Waals surface area contributed by atoms with Crippen molar-refractivity contribution in [2.24, 2.45) is 0 Å². The van der Waals surface area contributed by atoms with Gasteiger partial charge in [-0.25, -0.2) is 4.79 Å². The number of β-lactam (4-membered cyclic amide) rings is 1. The highest BCUT2D eigenvalue weighted by atomic mass is 32.2. The number of carbonyl (C=O) groups is 4. The molecule has 11 heteroatoms. The molecule has 3 heterocycles. The molecule has 0 spiro atoms. The fourth-order valence-corrected chi connectivity index (χ4v) is 4.64. The minimum atomic E-state index is -1.24. The number of carboxylic acids is 2. The van der Waals surface area contributed by atoms with Gasteiger partial charge in [-0.3, -0.25) is 19.3 Å². The van der Waals surface area contributed by atoms with Crippen LogP contribution in [0.15, 0.2) is 28.8 Å². The van der Waals surface area contributed by atoms with Crippen LogP contribution in [0, 0.1) is 0 Å². The van der Waals surface area contributed by atoms with E-state index >= 15 is 0 Å². The number of hydrogen-bond acceptors (Lipinski definition) is 7. The molecule has 2 amide bonds. The first-order chi connectivity index (χ1) is 12.8. The van der Waals surface area contributed by atoms with Crippen molar-refractivity contribution in [2.75, 3.05) is 12.4 Å². The molecule has 2 unspecified atom stereocenters. The number of carboxylic acid groups (broad SMARTS) is 2. The maximum absolute atomic E-state index is 12.2. The Kier molecular flexibility index (Phi) is 6.99. The first kappa shape index (κ1) is 20.9. The van der Waals surface area contributed by atoms with Crippen LogP contribution in [-0.4, -0.2) is 67.7 Å². The van der Waals surface area contributed by atoms with E-state index in [9.17, 15) is 24.6 Å². The van der Waals surface area contributed by atoms with Crippen molar-refractivity contribution >= 4 is 46.9 Å². The van der Waals surface area contributed by atoms with Gasteiger partial charge in [0, 0.05) is 17.6 Å². The van der Waals surface area contributed by atoms with Crippen molar-refractivity contribution in [2.45, 2.75) is 24.8 Å². The number of nitrogens with zero attached hydrogens (tertiary/aromatic N) is 1. The van der Waals surface area contributed by atoms with Crippen LogP contribution in [0.1, 0.15) is 11.8 Å². The summed E-state index contributed by atoms with van der Waals surface area (Å²) < 4.78 is 0. The van der Waals surface area contributed by atoms with E-state index in [1.54, 1.807) is 0 Å². The van der Waals surface area contributed by atoms with Crippen LogP contribution in [0.3, 0.4) is 0 Å². The summed E-state index contributed by atoms with van der Waals surface area (Å²) in [6.07, 6.45) is 0.197. The normalized spacial score (nSPS) is 20.8. The molecule has 0 bridgehead atoms. The number of hydrogen-bond donors (Lipinski definition) is 4. The Hall–Kier alpha value is -2.37. The number of aliphatic hydroxyl groups excluding tert-OH is 1. The van der Waals surface area contributed by atoms with Gasteiger partial charge in [-0.1, -0.05) is 6.07 Å². The van der Waals surface area contributed by atoms with Crippen molar-refractivity contribution in [1.82, 2.24) is 10.2 Å². The fourth-order valence-electron chi connectivity index (χ4n) is 2.60. The van der Waals surface area contributed by atoms with E-state index in [0.717, 1.165) is 16.7 Å². The van der Waals surface area contributed by atoms with Gasteiger partial charge in [0.2, 0.25) is 5.91 Å². The Bertz CT molecular complexity index is 772. The number of thiophene rings is 1. The summed E-state index contributed by atoms with van der Waals surface area (Å²) in [5.74, 6) is -2.47. The van der Waals surface area contributed by atoms with Gasteiger partial charge in [-0.2, -0.15) is 0 Å². The second-order valence-corrected chi connectivity index (χ2v) is 7.78. The van der Waals surface area contributed by atoms with Crippen molar-refractivity contribution in [3.63, 3.8) is 0 Å². The number of thioether (sulfide) groups is 1. The van der Waals surface area contributed by atoms with Gasteiger partial charge in [0.05, 0.1) is 13.0 Å². The van der Waals surface area contributed by atoms with Gasteiger partial charge in [0.25, 0.3) is 11.9 Å². The Labute approximate surface area is 162 Å². The lowest BCUT2D eigenvalue weighted by Crippen LogP contribution is -2.70. The Morgan fingerprint density at radius 1 is 1.33 bits per heavy atom. The number of amides is 2. The highest BCUT2D eigenvalue weighted by Gasteiger charge is 2.54. The zero-order valence-electron chi connectivity index (χ0n) is 14.2. The van der Waals surface area contributed by atoms with Crippen LogP contribution < -0.4 is 5.32 Å². The third-order valence-electron chi connectivity index (χ3n) is 3.67. The maximum Gasteiger partial charge on any atom is 0.352 e. The Morgan fingerprint density at radius 2 is 2.00 bits per heavy atom. The van der Waals surface area contributed by atoms with Crippen LogP contribution in [0.4, 0.5) is 0 Å². The number of aliphatic hydroxyl groups is 1. The molecule has 0 aliphatic carbocycles. The Morgan fingerprint density at radius 3 is 2.52 bits per heavy atom. The molecule has 27 heavy (non-hydrogen) atoms. The third kappa shape index (κ3) is 4.87. The molecule has 9 nitrogen and oxygen atoms in total. The molecule has 2 aliphatic heterocycles. The zero-order chi connectivity index (χ0) is 20.1. The molecule has 146 valence electrons. The number of carbonyl (C=O) groups excluding carboxylic acids is 2. The highest BCUT2D eigenvalue weighted by Crippen LogP contribution is 2.40. The van der Waals surface area contributed by atoms with Crippen LogP contribution in [-0.2, 0) is 25.6 Å². The van der Waals surface area contributed by atoms with Gasteiger partial charge >= 0.3 is 5.97 Å². The van der Waals surface area contributed by atoms with Crippen LogP contribution in [0.25, 0.3) is 0 Å². The average Bonchev–Trinajstić information content (AvgIpc) is 3.10. The van der Waals surface area contributed by atoms with E-state index in [0.29, 0.717) is 11.3 Å². The van der Waals surface area contributed by atoms with E-state index in [1.165, 1.54) is 23.1 Å². The molecular weight excluding hydrogens is 396 g/mol. The van der Waals surface area contributed by atoms with E-state index in [-0.39, 0.29) is 18.0 Å². The lowest BCUT2D eigenvalue weighted by molar-refractivity contribution is -0.150. The Balaban J connectivity index is 0.000000596. The maximum atomic E-state index is 12.2. The minimum Gasteiger partial charge on any atom is -0.481 e. The lowest BCUT2D eigenvalue weighted by atomic mass is 10.0. The summed E-state index contributed by atoms with van der Waals surface area (Å²) in [6, 6.07) is 2.97. The highest BCUT2D eigenvalue weighted by molar-refractivity contribution is 8.00. The molecule has 0 saturated carbocycles. The molecule has 1 saturated heterocycles. The SMILES string of the molecule is CC(=O)O.O=C(Cc1cccs1)NC1C(=O)N2C(C(=O)O)=C(CO)CSC12. The third-order valence-corrected chi connectivity index (χ3v) is 5.89. The second kappa shape index (κ2) is 9.02. The molecule has 4 N–H and O–H groups in total. The number of aliphatic carboxylic acids is 2. The van der Waals surface area contributed by atoms with E-state index < -0.39 is 35.9 Å². The van der Waals surface area contributed by atoms with Crippen molar-refractivity contribution < 1.29 is 34.5 Å². The van der Waals surface area contributed by atoms with E-state index in [1.807, 2.05) is 17.5 Å². The number of rotatable bonds is 5. The molecule has 2 atom stereocenters.